The van der Waals surface area contributed by atoms with Gasteiger partial charge in [-0.2, -0.15) is 5.10 Å². The first-order chi connectivity index (χ1) is 14.1. The van der Waals surface area contributed by atoms with E-state index in [1.165, 1.54) is 11.3 Å². The van der Waals surface area contributed by atoms with Crippen LogP contribution in [0.25, 0.3) is 21.3 Å². The molecule has 0 aliphatic heterocycles. The number of aromatic nitrogens is 4. The van der Waals surface area contributed by atoms with Gasteiger partial charge in [-0.3, -0.25) is 9.48 Å². The quantitative estimate of drug-likeness (QED) is 0.470. The van der Waals surface area contributed by atoms with Crippen LogP contribution < -0.4 is 5.32 Å². The molecule has 0 saturated carbocycles. The van der Waals surface area contributed by atoms with Crippen molar-refractivity contribution in [3.8, 4) is 0 Å². The van der Waals surface area contributed by atoms with Crippen molar-refractivity contribution in [2.75, 3.05) is 0 Å². The molecule has 29 heavy (non-hydrogen) atoms. The topological polar surface area (TPSA) is 75.6 Å². The van der Waals surface area contributed by atoms with Crippen LogP contribution in [0.15, 0.2) is 60.9 Å². The van der Waals surface area contributed by atoms with Gasteiger partial charge >= 0.3 is 0 Å². The summed E-state index contributed by atoms with van der Waals surface area (Å²) in [5.74, 6) is -0.0934. The van der Waals surface area contributed by atoms with Crippen LogP contribution in [0.1, 0.15) is 32.5 Å². The zero-order valence-corrected chi connectivity index (χ0v) is 16.8. The first-order valence-electron chi connectivity index (χ1n) is 9.32. The van der Waals surface area contributed by atoms with Crippen molar-refractivity contribution in [1.29, 1.82) is 0 Å². The minimum atomic E-state index is -0.263. The summed E-state index contributed by atoms with van der Waals surface area (Å²) in [6.45, 7) is 1.96. The smallest absolute Gasteiger partial charge is 0.262 e. The molecule has 1 atom stereocenters. The molecule has 0 saturated heterocycles. The van der Waals surface area contributed by atoms with Crippen LogP contribution in [-0.2, 0) is 7.05 Å². The molecule has 3 aromatic heterocycles. The molecule has 2 N–H and O–H groups in total. The number of benzene rings is 2. The normalized spacial score (nSPS) is 12.5. The average molecular weight is 401 g/mol. The van der Waals surface area contributed by atoms with Crippen LogP contribution in [0.4, 0.5) is 0 Å². The van der Waals surface area contributed by atoms with E-state index in [9.17, 15) is 4.79 Å². The van der Waals surface area contributed by atoms with Crippen LogP contribution in [-0.4, -0.2) is 25.7 Å². The number of hydrogen-bond acceptors (Lipinski definition) is 4. The van der Waals surface area contributed by atoms with E-state index in [4.69, 9.17) is 0 Å². The lowest BCUT2D eigenvalue weighted by Crippen LogP contribution is -2.28. The van der Waals surface area contributed by atoms with E-state index >= 15 is 0 Å². The standard InChI is InChI=1S/C22H19N5OS/c1-13-16-11-19(29-22(16)27(2)26-13)21(28)25-20(14-6-4-3-5-7-14)15-8-9-17-18(10-15)24-12-23-17/h3-12,20H,1-2H3,(H,23,24)(H,25,28). The molecular formula is C22H19N5OS. The minimum absolute atomic E-state index is 0.0934. The molecule has 1 unspecified atom stereocenters. The van der Waals surface area contributed by atoms with Gasteiger partial charge < -0.3 is 10.3 Å². The Bertz CT molecular complexity index is 1300. The maximum atomic E-state index is 13.2. The lowest BCUT2D eigenvalue weighted by molar-refractivity contribution is 0.0947. The Morgan fingerprint density at radius 2 is 1.97 bits per heavy atom. The summed E-state index contributed by atoms with van der Waals surface area (Å²) in [4.78, 5) is 22.3. The molecule has 1 amide bonds. The highest BCUT2D eigenvalue weighted by Crippen LogP contribution is 2.29. The summed E-state index contributed by atoms with van der Waals surface area (Å²) in [5, 5.41) is 8.66. The number of hydrogen-bond donors (Lipinski definition) is 2. The number of fused-ring (bicyclic) bond motifs is 2. The van der Waals surface area contributed by atoms with Crippen LogP contribution in [0.5, 0.6) is 0 Å². The van der Waals surface area contributed by atoms with Gasteiger partial charge in [0.2, 0.25) is 0 Å². The Balaban J connectivity index is 1.53. The number of H-pyrrole nitrogens is 1. The lowest BCUT2D eigenvalue weighted by Gasteiger charge is -2.19. The molecule has 5 aromatic rings. The Morgan fingerprint density at radius 1 is 1.14 bits per heavy atom. The number of thiophene rings is 1. The van der Waals surface area contributed by atoms with Crippen LogP contribution >= 0.6 is 11.3 Å². The maximum Gasteiger partial charge on any atom is 0.262 e. The zero-order chi connectivity index (χ0) is 20.0. The van der Waals surface area contributed by atoms with Crippen molar-refractivity contribution in [3.05, 3.63) is 82.6 Å². The average Bonchev–Trinajstić information content (AvgIpc) is 3.44. The highest BCUT2D eigenvalue weighted by Gasteiger charge is 2.21. The summed E-state index contributed by atoms with van der Waals surface area (Å²) < 4.78 is 1.83. The molecule has 0 bridgehead atoms. The maximum absolute atomic E-state index is 13.2. The molecule has 0 radical (unpaired) electrons. The number of nitrogens with zero attached hydrogens (tertiary/aromatic N) is 3. The second kappa shape index (κ2) is 6.86. The van der Waals surface area contributed by atoms with Crippen LogP contribution in [0.2, 0.25) is 0 Å². The second-order valence-corrected chi connectivity index (χ2v) is 8.07. The summed E-state index contributed by atoms with van der Waals surface area (Å²) >= 11 is 1.46. The molecule has 7 heteroatoms. The lowest BCUT2D eigenvalue weighted by atomic mass is 9.98. The molecule has 0 fully saturated rings. The molecule has 6 nitrogen and oxygen atoms in total. The Kier molecular flexibility index (Phi) is 4.17. The molecule has 3 heterocycles. The fourth-order valence-corrected chi connectivity index (χ4v) is 4.68. The summed E-state index contributed by atoms with van der Waals surface area (Å²) in [5.41, 5.74) is 4.81. The number of nitrogens with one attached hydrogen (secondary N) is 2. The first-order valence-corrected chi connectivity index (χ1v) is 10.1. The third-order valence-electron chi connectivity index (χ3n) is 5.11. The van der Waals surface area contributed by atoms with Gasteiger partial charge in [-0.1, -0.05) is 36.4 Å². The van der Waals surface area contributed by atoms with Gasteiger partial charge in [0.1, 0.15) is 4.83 Å². The van der Waals surface area contributed by atoms with Crippen molar-refractivity contribution in [3.63, 3.8) is 0 Å². The fraction of sp³-hybridized carbons (Fsp3) is 0.136. The van der Waals surface area contributed by atoms with Crippen molar-refractivity contribution in [2.24, 2.45) is 7.05 Å². The predicted molar refractivity (Wildman–Crippen MR) is 115 cm³/mol. The van der Waals surface area contributed by atoms with Gasteiger partial charge in [-0.25, -0.2) is 4.98 Å². The number of amides is 1. The zero-order valence-electron chi connectivity index (χ0n) is 16.0. The summed E-state index contributed by atoms with van der Waals surface area (Å²) in [7, 11) is 1.90. The Morgan fingerprint density at radius 3 is 2.76 bits per heavy atom. The number of imidazole rings is 1. The number of rotatable bonds is 4. The number of aryl methyl sites for hydroxylation is 2. The Hall–Kier alpha value is -3.45. The third-order valence-corrected chi connectivity index (χ3v) is 6.31. The van der Waals surface area contributed by atoms with E-state index in [1.54, 1.807) is 6.33 Å². The van der Waals surface area contributed by atoms with Gasteiger partial charge in [-0.05, 0) is 36.2 Å². The molecule has 5 rings (SSSR count). The van der Waals surface area contributed by atoms with Gasteiger partial charge in [0.15, 0.2) is 0 Å². The van der Waals surface area contributed by atoms with Gasteiger partial charge in [-0.15, -0.1) is 11.3 Å². The van der Waals surface area contributed by atoms with Crippen molar-refractivity contribution in [2.45, 2.75) is 13.0 Å². The van der Waals surface area contributed by atoms with E-state index in [0.717, 1.165) is 38.1 Å². The van der Waals surface area contributed by atoms with E-state index in [1.807, 2.05) is 73.3 Å². The largest absolute Gasteiger partial charge is 0.345 e. The molecular weight excluding hydrogens is 382 g/mol. The minimum Gasteiger partial charge on any atom is -0.345 e. The summed E-state index contributed by atoms with van der Waals surface area (Å²) in [6, 6.07) is 17.7. The number of aromatic amines is 1. The van der Waals surface area contributed by atoms with Crippen LogP contribution in [0, 0.1) is 6.92 Å². The van der Waals surface area contributed by atoms with Gasteiger partial charge in [0.05, 0.1) is 34.0 Å². The number of carbonyl (C=O) groups is 1. The van der Waals surface area contributed by atoms with Crippen molar-refractivity contribution in [1.82, 2.24) is 25.1 Å². The van der Waals surface area contributed by atoms with Gasteiger partial charge in [0.25, 0.3) is 5.91 Å². The third kappa shape index (κ3) is 3.09. The van der Waals surface area contributed by atoms with E-state index in [0.29, 0.717) is 4.88 Å². The van der Waals surface area contributed by atoms with E-state index in [-0.39, 0.29) is 11.9 Å². The van der Waals surface area contributed by atoms with Crippen molar-refractivity contribution >= 4 is 38.5 Å². The van der Waals surface area contributed by atoms with Crippen molar-refractivity contribution < 1.29 is 4.79 Å². The molecule has 144 valence electrons. The van der Waals surface area contributed by atoms with E-state index < -0.39 is 0 Å². The molecule has 0 aliphatic carbocycles. The molecule has 0 aliphatic rings. The first kappa shape index (κ1) is 17.6. The highest BCUT2D eigenvalue weighted by molar-refractivity contribution is 7.20. The number of carbonyl (C=O) groups excluding carboxylic acids is 1. The highest BCUT2D eigenvalue weighted by atomic mass is 32.1. The Labute approximate surface area is 171 Å². The predicted octanol–water partition coefficient (Wildman–Crippen LogP) is 4.34. The summed E-state index contributed by atoms with van der Waals surface area (Å²) in [6.07, 6.45) is 1.68. The van der Waals surface area contributed by atoms with E-state index in [2.05, 4.69) is 20.4 Å². The molecule has 2 aromatic carbocycles. The second-order valence-electron chi connectivity index (χ2n) is 7.03. The molecule has 0 spiro atoms. The van der Waals surface area contributed by atoms with Crippen LogP contribution in [0.3, 0.4) is 0 Å². The fourth-order valence-electron chi connectivity index (χ4n) is 3.66. The SMILES string of the molecule is Cc1nn(C)c2sc(C(=O)NC(c3ccccc3)c3ccc4nc[nH]c4c3)cc12. The van der Waals surface area contributed by atoms with Gasteiger partial charge in [0, 0.05) is 12.4 Å². The monoisotopic (exact) mass is 401 g/mol.